The van der Waals surface area contributed by atoms with E-state index in [1.807, 2.05) is 26.8 Å². The zero-order chi connectivity index (χ0) is 13.6. The van der Waals surface area contributed by atoms with E-state index >= 15 is 0 Å². The first-order valence-corrected chi connectivity index (χ1v) is 6.23. The zero-order valence-electron chi connectivity index (χ0n) is 11.6. The van der Waals surface area contributed by atoms with Gasteiger partial charge < -0.3 is 15.2 Å². The second-order valence-corrected chi connectivity index (χ2v) is 4.44. The Morgan fingerprint density at radius 2 is 2.11 bits per heavy atom. The topological polar surface area (TPSA) is 57.4 Å². The minimum Gasteiger partial charge on any atom is -0.494 e. The number of aromatic nitrogens is 1. The van der Waals surface area contributed by atoms with E-state index in [1.165, 1.54) is 0 Å². The van der Waals surface area contributed by atoms with Gasteiger partial charge in [-0.1, -0.05) is 6.92 Å². The molecule has 0 aliphatic carbocycles. The number of nitrogen functional groups attached to an aromatic ring is 1. The largest absolute Gasteiger partial charge is 0.494 e. The molecular formula is C14H22N2O2. The molecule has 0 fully saturated rings. The summed E-state index contributed by atoms with van der Waals surface area (Å²) >= 11 is 0. The minimum atomic E-state index is -0.524. The molecule has 1 aromatic heterocycles. The first kappa shape index (κ1) is 14.4. The van der Waals surface area contributed by atoms with Gasteiger partial charge >= 0.3 is 0 Å². The number of ether oxygens (including phenoxy) is 2. The lowest BCUT2D eigenvalue weighted by atomic mass is 10.1. The molecule has 4 nitrogen and oxygen atoms in total. The fraction of sp³-hybridized carbons (Fsp3) is 0.500. The highest BCUT2D eigenvalue weighted by molar-refractivity contribution is 5.32. The van der Waals surface area contributed by atoms with Crippen molar-refractivity contribution in [1.29, 1.82) is 0 Å². The van der Waals surface area contributed by atoms with E-state index in [0.717, 1.165) is 12.2 Å². The predicted molar refractivity (Wildman–Crippen MR) is 73.4 cm³/mol. The third-order valence-electron chi connectivity index (χ3n) is 2.41. The third-order valence-corrected chi connectivity index (χ3v) is 2.41. The fourth-order valence-electron chi connectivity index (χ4n) is 1.62. The molecular weight excluding hydrogens is 228 g/mol. The Kier molecular flexibility index (Phi) is 5.01. The molecule has 1 aromatic rings. The van der Waals surface area contributed by atoms with Crippen LogP contribution in [0.1, 0.15) is 34.1 Å². The number of pyridine rings is 1. The fourth-order valence-corrected chi connectivity index (χ4v) is 1.62. The summed E-state index contributed by atoms with van der Waals surface area (Å²) in [5.74, 6) is 1.99. The molecule has 0 bridgehead atoms. The average molecular weight is 250 g/mol. The lowest BCUT2D eigenvalue weighted by Gasteiger charge is -2.29. The Balaban J connectivity index is 2.84. The molecule has 0 spiro atoms. The predicted octanol–water partition coefficient (Wildman–Crippen LogP) is 3.15. The third kappa shape index (κ3) is 3.95. The van der Waals surface area contributed by atoms with Crippen molar-refractivity contribution in [2.45, 2.75) is 39.7 Å². The van der Waals surface area contributed by atoms with Gasteiger partial charge in [0.05, 0.1) is 12.8 Å². The highest BCUT2D eigenvalue weighted by Crippen LogP contribution is 2.25. The summed E-state index contributed by atoms with van der Waals surface area (Å²) in [6.07, 6.45) is 4.56. The van der Waals surface area contributed by atoms with Gasteiger partial charge in [0.25, 0.3) is 0 Å². The second kappa shape index (κ2) is 6.28. The number of rotatable bonds is 6. The smallest absolute Gasteiger partial charge is 0.160 e. The van der Waals surface area contributed by atoms with Crippen molar-refractivity contribution in [1.82, 2.24) is 4.98 Å². The van der Waals surface area contributed by atoms with E-state index in [9.17, 15) is 0 Å². The van der Waals surface area contributed by atoms with E-state index in [1.54, 1.807) is 18.3 Å². The Hall–Kier alpha value is -1.71. The Morgan fingerprint density at radius 3 is 2.61 bits per heavy atom. The standard InChI is InChI=1S/C14H22N2O2/c1-5-7-12(17-6-2)14(3,4)18-11-8-9-13(15)16-10-11/h7-10H,5-6H2,1-4H3,(H2,15,16)/b12-7+. The molecule has 1 heterocycles. The molecule has 18 heavy (non-hydrogen) atoms. The van der Waals surface area contributed by atoms with Gasteiger partial charge in [-0.15, -0.1) is 0 Å². The molecule has 0 saturated carbocycles. The molecule has 0 aliphatic rings. The minimum absolute atomic E-state index is 0.481. The summed E-state index contributed by atoms with van der Waals surface area (Å²) in [5.41, 5.74) is 5.02. The van der Waals surface area contributed by atoms with Gasteiger partial charge in [-0.3, -0.25) is 0 Å². The molecule has 0 amide bonds. The van der Waals surface area contributed by atoms with Crippen molar-refractivity contribution in [2.24, 2.45) is 0 Å². The van der Waals surface area contributed by atoms with Gasteiger partial charge in [0.2, 0.25) is 0 Å². The number of hydrogen-bond donors (Lipinski definition) is 1. The van der Waals surface area contributed by atoms with Crippen molar-refractivity contribution in [3.8, 4) is 5.75 Å². The van der Waals surface area contributed by atoms with Crippen LogP contribution < -0.4 is 10.5 Å². The quantitative estimate of drug-likeness (QED) is 0.788. The average Bonchev–Trinajstić information content (AvgIpc) is 2.32. The summed E-state index contributed by atoms with van der Waals surface area (Å²) in [6, 6.07) is 3.52. The Labute approximate surface area is 109 Å². The van der Waals surface area contributed by atoms with E-state index < -0.39 is 5.60 Å². The second-order valence-electron chi connectivity index (χ2n) is 4.44. The lowest BCUT2D eigenvalue weighted by molar-refractivity contribution is 0.0620. The van der Waals surface area contributed by atoms with E-state index in [2.05, 4.69) is 11.9 Å². The van der Waals surface area contributed by atoms with Gasteiger partial charge in [0, 0.05) is 0 Å². The van der Waals surface area contributed by atoms with Gasteiger partial charge in [-0.2, -0.15) is 0 Å². The summed E-state index contributed by atoms with van der Waals surface area (Å²) in [6.45, 7) is 8.60. The lowest BCUT2D eigenvalue weighted by Crippen LogP contribution is -2.32. The Bertz CT molecular complexity index is 397. The van der Waals surface area contributed by atoms with Crippen molar-refractivity contribution in [2.75, 3.05) is 12.3 Å². The van der Waals surface area contributed by atoms with Crippen LogP contribution in [0.5, 0.6) is 5.75 Å². The first-order valence-electron chi connectivity index (χ1n) is 6.23. The van der Waals surface area contributed by atoms with Crippen LogP contribution in [-0.2, 0) is 4.74 Å². The maximum Gasteiger partial charge on any atom is 0.160 e. The highest BCUT2D eigenvalue weighted by Gasteiger charge is 2.27. The van der Waals surface area contributed by atoms with Gasteiger partial charge in [-0.05, 0) is 45.4 Å². The monoisotopic (exact) mass is 250 g/mol. The molecule has 2 N–H and O–H groups in total. The molecule has 0 aromatic carbocycles. The molecule has 0 atom stereocenters. The molecule has 0 radical (unpaired) electrons. The van der Waals surface area contributed by atoms with Crippen LogP contribution >= 0.6 is 0 Å². The number of allylic oxidation sites excluding steroid dienone is 1. The molecule has 100 valence electrons. The van der Waals surface area contributed by atoms with E-state index in [-0.39, 0.29) is 0 Å². The van der Waals surface area contributed by atoms with Crippen molar-refractivity contribution in [3.05, 3.63) is 30.2 Å². The molecule has 1 rings (SSSR count). The molecule has 0 unspecified atom stereocenters. The molecule has 0 aliphatic heterocycles. The van der Waals surface area contributed by atoms with Crippen molar-refractivity contribution < 1.29 is 9.47 Å². The van der Waals surface area contributed by atoms with Gasteiger partial charge in [-0.25, -0.2) is 4.98 Å². The number of nitrogens with two attached hydrogens (primary N) is 1. The van der Waals surface area contributed by atoms with Gasteiger partial charge in [0.15, 0.2) is 5.60 Å². The van der Waals surface area contributed by atoms with Crippen LogP contribution in [0.25, 0.3) is 0 Å². The maximum atomic E-state index is 5.91. The van der Waals surface area contributed by atoms with Crippen LogP contribution in [0.4, 0.5) is 5.82 Å². The van der Waals surface area contributed by atoms with Crippen molar-refractivity contribution in [3.63, 3.8) is 0 Å². The first-order chi connectivity index (χ1) is 8.49. The SMILES string of the molecule is CC/C=C(/OCC)C(C)(C)Oc1ccc(N)nc1. The van der Waals surface area contributed by atoms with Crippen LogP contribution in [0.15, 0.2) is 30.2 Å². The Morgan fingerprint density at radius 1 is 1.39 bits per heavy atom. The normalized spacial score (nSPS) is 12.3. The molecule has 0 saturated heterocycles. The van der Waals surface area contributed by atoms with Crippen LogP contribution in [0, 0.1) is 0 Å². The summed E-state index contributed by atoms with van der Waals surface area (Å²) < 4.78 is 11.5. The van der Waals surface area contributed by atoms with Crippen LogP contribution in [-0.4, -0.2) is 17.2 Å². The summed E-state index contributed by atoms with van der Waals surface area (Å²) in [4.78, 5) is 4.01. The number of anilines is 1. The zero-order valence-corrected chi connectivity index (χ0v) is 11.6. The van der Waals surface area contributed by atoms with E-state index in [4.69, 9.17) is 15.2 Å². The number of hydrogen-bond acceptors (Lipinski definition) is 4. The van der Waals surface area contributed by atoms with Crippen LogP contribution in [0.3, 0.4) is 0 Å². The van der Waals surface area contributed by atoms with Gasteiger partial charge in [0.1, 0.15) is 17.3 Å². The van der Waals surface area contributed by atoms with Crippen molar-refractivity contribution >= 4 is 5.82 Å². The summed E-state index contributed by atoms with van der Waals surface area (Å²) in [7, 11) is 0. The highest BCUT2D eigenvalue weighted by atomic mass is 16.5. The molecule has 4 heteroatoms. The number of nitrogens with zero attached hydrogens (tertiary/aromatic N) is 1. The maximum absolute atomic E-state index is 5.91. The van der Waals surface area contributed by atoms with Crippen LogP contribution in [0.2, 0.25) is 0 Å². The summed E-state index contributed by atoms with van der Waals surface area (Å²) in [5, 5.41) is 0. The van der Waals surface area contributed by atoms with E-state index in [0.29, 0.717) is 18.2 Å².